The summed E-state index contributed by atoms with van der Waals surface area (Å²) in [4.78, 5) is 8.62. The predicted molar refractivity (Wildman–Crippen MR) is 75.4 cm³/mol. The van der Waals surface area contributed by atoms with Gasteiger partial charge in [-0.2, -0.15) is 0 Å². The van der Waals surface area contributed by atoms with E-state index in [1.165, 1.54) is 0 Å². The van der Waals surface area contributed by atoms with Crippen LogP contribution in [0.2, 0.25) is 0 Å². The third-order valence-corrected chi connectivity index (χ3v) is 3.12. The molecule has 0 aliphatic rings. The number of hydrogen-bond donors (Lipinski definition) is 1. The third kappa shape index (κ3) is 3.00. The minimum absolute atomic E-state index is 0.481. The van der Waals surface area contributed by atoms with E-state index in [1.54, 1.807) is 6.20 Å². The van der Waals surface area contributed by atoms with Crippen molar-refractivity contribution in [3.8, 4) is 0 Å². The molecule has 0 bridgehead atoms. The highest BCUT2D eigenvalue weighted by Gasteiger charge is 2.09. The average molecular weight is 313 g/mol. The molecule has 98 valence electrons. The molecule has 5 nitrogen and oxygen atoms in total. The molecular weight excluding hydrogens is 296 g/mol. The Morgan fingerprint density at radius 2 is 2.28 bits per heavy atom. The maximum Gasteiger partial charge on any atom is 0.202 e. The normalized spacial score (nSPS) is 11.2. The number of aromatic nitrogens is 3. The van der Waals surface area contributed by atoms with Crippen LogP contribution in [0.3, 0.4) is 0 Å². The molecule has 0 saturated heterocycles. The minimum atomic E-state index is 0.481. The number of anilines is 1. The number of nitrogens with zero attached hydrogens (tertiary/aromatic N) is 3. The summed E-state index contributed by atoms with van der Waals surface area (Å²) >= 11 is 3.37. The van der Waals surface area contributed by atoms with Gasteiger partial charge in [-0.1, -0.05) is 13.3 Å². The third-order valence-electron chi connectivity index (χ3n) is 2.68. The van der Waals surface area contributed by atoms with E-state index in [4.69, 9.17) is 10.5 Å². The van der Waals surface area contributed by atoms with Gasteiger partial charge in [-0.3, -0.25) is 4.57 Å². The maximum atomic E-state index is 5.89. The molecule has 0 amide bonds. The summed E-state index contributed by atoms with van der Waals surface area (Å²) in [7, 11) is 0. The predicted octanol–water partition coefficient (Wildman–Crippen LogP) is 2.59. The van der Waals surface area contributed by atoms with Crippen molar-refractivity contribution in [3.63, 3.8) is 0 Å². The van der Waals surface area contributed by atoms with Gasteiger partial charge in [0.05, 0.1) is 13.2 Å². The number of ether oxygens (including phenoxy) is 1. The highest BCUT2D eigenvalue weighted by atomic mass is 79.9. The number of halogens is 1. The van der Waals surface area contributed by atoms with Gasteiger partial charge in [0.2, 0.25) is 5.95 Å². The Kier molecular flexibility index (Phi) is 4.54. The molecule has 0 radical (unpaired) electrons. The second kappa shape index (κ2) is 6.15. The number of imidazole rings is 1. The van der Waals surface area contributed by atoms with Crippen LogP contribution in [-0.2, 0) is 11.3 Å². The van der Waals surface area contributed by atoms with E-state index in [0.717, 1.165) is 35.1 Å². The van der Waals surface area contributed by atoms with Gasteiger partial charge in [-0.15, -0.1) is 0 Å². The Labute approximate surface area is 114 Å². The van der Waals surface area contributed by atoms with Crippen LogP contribution in [0.5, 0.6) is 0 Å². The molecule has 2 rings (SSSR count). The fourth-order valence-corrected chi connectivity index (χ4v) is 2.05. The standard InChI is InChI=1S/C12H17BrN4O/c1-2-3-5-18-6-4-17-11-10(16-12(17)14)7-9(13)8-15-11/h7-8H,2-6H2,1H3,(H2,14,16). The summed E-state index contributed by atoms with van der Waals surface area (Å²) in [6.45, 7) is 4.25. The summed E-state index contributed by atoms with van der Waals surface area (Å²) in [5, 5.41) is 0. The van der Waals surface area contributed by atoms with Crippen molar-refractivity contribution in [2.45, 2.75) is 26.3 Å². The molecule has 6 heteroatoms. The lowest BCUT2D eigenvalue weighted by atomic mass is 10.4. The van der Waals surface area contributed by atoms with Crippen LogP contribution in [0.25, 0.3) is 11.2 Å². The molecule has 0 unspecified atom stereocenters. The first-order valence-corrected chi connectivity index (χ1v) is 6.86. The molecule has 0 aliphatic heterocycles. The van der Waals surface area contributed by atoms with Crippen molar-refractivity contribution in [3.05, 3.63) is 16.7 Å². The van der Waals surface area contributed by atoms with Crippen LogP contribution in [0.1, 0.15) is 19.8 Å². The maximum absolute atomic E-state index is 5.89. The van der Waals surface area contributed by atoms with Gasteiger partial charge in [-0.05, 0) is 28.4 Å². The number of fused-ring (bicyclic) bond motifs is 1. The molecule has 0 aromatic carbocycles. The van der Waals surface area contributed by atoms with Crippen molar-refractivity contribution in [1.82, 2.24) is 14.5 Å². The van der Waals surface area contributed by atoms with E-state index in [1.807, 2.05) is 10.6 Å². The van der Waals surface area contributed by atoms with Gasteiger partial charge in [0.1, 0.15) is 5.52 Å². The topological polar surface area (TPSA) is 66.0 Å². The highest BCUT2D eigenvalue weighted by Crippen LogP contribution is 2.19. The lowest BCUT2D eigenvalue weighted by Gasteiger charge is -2.06. The van der Waals surface area contributed by atoms with Crippen molar-refractivity contribution in [2.24, 2.45) is 0 Å². The lowest BCUT2D eigenvalue weighted by molar-refractivity contribution is 0.124. The average Bonchev–Trinajstić information content (AvgIpc) is 2.64. The first-order valence-electron chi connectivity index (χ1n) is 6.07. The van der Waals surface area contributed by atoms with Gasteiger partial charge < -0.3 is 10.5 Å². The van der Waals surface area contributed by atoms with Crippen molar-refractivity contribution in [1.29, 1.82) is 0 Å². The quantitative estimate of drug-likeness (QED) is 0.833. The van der Waals surface area contributed by atoms with Gasteiger partial charge in [-0.25, -0.2) is 9.97 Å². The first kappa shape index (κ1) is 13.3. The van der Waals surface area contributed by atoms with E-state index >= 15 is 0 Å². The zero-order valence-corrected chi connectivity index (χ0v) is 12.0. The van der Waals surface area contributed by atoms with Crippen LogP contribution in [-0.4, -0.2) is 27.7 Å². The van der Waals surface area contributed by atoms with E-state index in [9.17, 15) is 0 Å². The largest absolute Gasteiger partial charge is 0.380 e. The number of nitrogen functional groups attached to an aromatic ring is 1. The number of hydrogen-bond acceptors (Lipinski definition) is 4. The molecule has 0 fully saturated rings. The van der Waals surface area contributed by atoms with Crippen molar-refractivity contribution >= 4 is 33.0 Å². The Morgan fingerprint density at radius 1 is 1.44 bits per heavy atom. The molecule has 2 aromatic rings. The lowest BCUT2D eigenvalue weighted by Crippen LogP contribution is -2.10. The molecule has 2 aromatic heterocycles. The minimum Gasteiger partial charge on any atom is -0.380 e. The van der Waals surface area contributed by atoms with Crippen LogP contribution in [0, 0.1) is 0 Å². The van der Waals surface area contributed by atoms with Crippen LogP contribution >= 0.6 is 15.9 Å². The molecule has 0 spiro atoms. The summed E-state index contributed by atoms with van der Waals surface area (Å²) in [5.41, 5.74) is 7.49. The molecule has 0 saturated carbocycles. The van der Waals surface area contributed by atoms with E-state index in [2.05, 4.69) is 32.8 Å². The Balaban J connectivity index is 2.05. The van der Waals surface area contributed by atoms with E-state index in [0.29, 0.717) is 19.1 Å². The zero-order valence-electron chi connectivity index (χ0n) is 10.4. The van der Waals surface area contributed by atoms with Gasteiger partial charge in [0.15, 0.2) is 5.65 Å². The SMILES string of the molecule is CCCCOCCn1c(N)nc2cc(Br)cnc21. The van der Waals surface area contributed by atoms with Gasteiger partial charge >= 0.3 is 0 Å². The fourth-order valence-electron chi connectivity index (χ4n) is 1.73. The summed E-state index contributed by atoms with van der Waals surface area (Å²) in [6.07, 6.45) is 3.98. The summed E-state index contributed by atoms with van der Waals surface area (Å²) < 4.78 is 8.32. The van der Waals surface area contributed by atoms with Crippen molar-refractivity contribution < 1.29 is 4.74 Å². The first-order chi connectivity index (χ1) is 8.72. The fraction of sp³-hybridized carbons (Fsp3) is 0.500. The monoisotopic (exact) mass is 312 g/mol. The van der Waals surface area contributed by atoms with Crippen LogP contribution < -0.4 is 5.73 Å². The van der Waals surface area contributed by atoms with Crippen LogP contribution in [0.15, 0.2) is 16.7 Å². The van der Waals surface area contributed by atoms with Crippen molar-refractivity contribution in [2.75, 3.05) is 18.9 Å². The summed E-state index contributed by atoms with van der Waals surface area (Å²) in [6, 6.07) is 1.91. The second-order valence-electron chi connectivity index (χ2n) is 4.08. The second-order valence-corrected chi connectivity index (χ2v) is 5.00. The molecule has 2 N–H and O–H groups in total. The summed E-state index contributed by atoms with van der Waals surface area (Å²) in [5.74, 6) is 0.481. The number of pyridine rings is 1. The van der Waals surface area contributed by atoms with Gasteiger partial charge in [0.25, 0.3) is 0 Å². The Hall–Kier alpha value is -1.14. The smallest absolute Gasteiger partial charge is 0.202 e. The molecular formula is C12H17BrN4O. The Morgan fingerprint density at radius 3 is 3.06 bits per heavy atom. The molecule has 18 heavy (non-hydrogen) atoms. The zero-order chi connectivity index (χ0) is 13.0. The molecule has 0 atom stereocenters. The van der Waals surface area contributed by atoms with E-state index < -0.39 is 0 Å². The van der Waals surface area contributed by atoms with E-state index in [-0.39, 0.29) is 0 Å². The highest BCUT2D eigenvalue weighted by molar-refractivity contribution is 9.10. The van der Waals surface area contributed by atoms with Gasteiger partial charge in [0, 0.05) is 17.3 Å². The molecule has 2 heterocycles. The molecule has 0 aliphatic carbocycles. The number of unbranched alkanes of at least 4 members (excludes halogenated alkanes) is 1. The number of rotatable bonds is 6. The Bertz CT molecular complexity index is 526. The van der Waals surface area contributed by atoms with Crippen LogP contribution in [0.4, 0.5) is 5.95 Å². The number of nitrogens with two attached hydrogens (primary N) is 1.